The molecule has 1 N–H and O–H groups in total. The molecule has 4 rings (SSSR count). The van der Waals surface area contributed by atoms with E-state index < -0.39 is 23.7 Å². The van der Waals surface area contributed by atoms with E-state index in [4.69, 9.17) is 9.47 Å². The maximum absolute atomic E-state index is 13.3. The number of urea groups is 1. The number of amides is 4. The predicted molar refractivity (Wildman–Crippen MR) is 132 cm³/mol. The fourth-order valence-electron chi connectivity index (χ4n) is 3.57. The van der Waals surface area contributed by atoms with Crippen LogP contribution in [0.3, 0.4) is 0 Å². The zero-order valence-electron chi connectivity index (χ0n) is 18.8. The molecular weight excluding hydrogens is 519 g/mol. The molecule has 1 saturated heterocycles. The molecule has 9 heteroatoms. The van der Waals surface area contributed by atoms with Gasteiger partial charge in [0.2, 0.25) is 0 Å². The van der Waals surface area contributed by atoms with Crippen LogP contribution in [0.2, 0.25) is 0 Å². The van der Waals surface area contributed by atoms with Crippen LogP contribution in [0.1, 0.15) is 16.7 Å². The summed E-state index contributed by atoms with van der Waals surface area (Å²) in [4.78, 5) is 38.6. The maximum Gasteiger partial charge on any atom is 0.335 e. The number of ether oxygens (including phenoxy) is 2. The van der Waals surface area contributed by atoms with Crippen molar-refractivity contribution in [2.24, 2.45) is 0 Å². The average Bonchev–Trinajstić information content (AvgIpc) is 2.82. The van der Waals surface area contributed by atoms with Crippen molar-refractivity contribution >= 4 is 45.5 Å². The molecular formula is C26H20BrFN2O5. The average molecular weight is 539 g/mol. The molecule has 1 heterocycles. The van der Waals surface area contributed by atoms with Gasteiger partial charge in [-0.3, -0.25) is 14.9 Å². The second kappa shape index (κ2) is 10.1. The van der Waals surface area contributed by atoms with Crippen LogP contribution in [-0.4, -0.2) is 25.0 Å². The summed E-state index contributed by atoms with van der Waals surface area (Å²) < 4.78 is 25.3. The Bertz CT molecular complexity index is 1350. The van der Waals surface area contributed by atoms with Crippen LogP contribution < -0.4 is 19.7 Å². The topological polar surface area (TPSA) is 84.9 Å². The highest BCUT2D eigenvalue weighted by molar-refractivity contribution is 9.10. The molecule has 35 heavy (non-hydrogen) atoms. The number of barbiturate groups is 1. The second-order valence-electron chi connectivity index (χ2n) is 7.75. The molecule has 1 aliphatic heterocycles. The van der Waals surface area contributed by atoms with Gasteiger partial charge < -0.3 is 9.47 Å². The van der Waals surface area contributed by atoms with Gasteiger partial charge in [-0.25, -0.2) is 14.1 Å². The molecule has 3 aromatic carbocycles. The minimum atomic E-state index is -0.914. The number of imide groups is 2. The van der Waals surface area contributed by atoms with Crippen molar-refractivity contribution in [2.45, 2.75) is 13.5 Å². The number of hydrogen-bond acceptors (Lipinski definition) is 5. The van der Waals surface area contributed by atoms with Gasteiger partial charge in [0.25, 0.3) is 11.8 Å². The quantitative estimate of drug-likeness (QED) is 0.346. The lowest BCUT2D eigenvalue weighted by Gasteiger charge is -2.26. The van der Waals surface area contributed by atoms with Crippen LogP contribution in [0.5, 0.6) is 11.5 Å². The molecule has 3 aromatic rings. The highest BCUT2D eigenvalue weighted by Gasteiger charge is 2.36. The van der Waals surface area contributed by atoms with Gasteiger partial charge >= 0.3 is 6.03 Å². The Morgan fingerprint density at radius 3 is 2.49 bits per heavy atom. The first kappa shape index (κ1) is 24.2. The number of methoxy groups -OCH3 is 1. The number of rotatable bonds is 6. The Labute approximate surface area is 209 Å². The van der Waals surface area contributed by atoms with Crippen LogP contribution in [0.4, 0.5) is 14.9 Å². The molecule has 4 amide bonds. The molecule has 0 unspecified atom stereocenters. The van der Waals surface area contributed by atoms with Gasteiger partial charge in [-0.1, -0.05) is 29.8 Å². The lowest BCUT2D eigenvalue weighted by molar-refractivity contribution is -0.122. The van der Waals surface area contributed by atoms with Gasteiger partial charge in [-0.15, -0.1) is 0 Å². The number of carbonyl (C=O) groups is 3. The molecule has 0 saturated carbocycles. The number of halogens is 2. The number of nitrogens with one attached hydrogen (secondary N) is 1. The summed E-state index contributed by atoms with van der Waals surface area (Å²) >= 11 is 3.47. The first-order valence-electron chi connectivity index (χ1n) is 10.5. The molecule has 0 bridgehead atoms. The van der Waals surface area contributed by atoms with E-state index in [-0.39, 0.29) is 11.3 Å². The highest BCUT2D eigenvalue weighted by atomic mass is 79.9. The smallest absolute Gasteiger partial charge is 0.335 e. The first-order chi connectivity index (χ1) is 16.8. The minimum Gasteiger partial charge on any atom is -0.493 e. The zero-order valence-corrected chi connectivity index (χ0v) is 20.4. The predicted octanol–water partition coefficient (Wildman–Crippen LogP) is 5.15. The molecule has 0 atom stereocenters. The third-order valence-corrected chi connectivity index (χ3v) is 5.80. The summed E-state index contributed by atoms with van der Waals surface area (Å²) in [5, 5.41) is 2.14. The third-order valence-electron chi connectivity index (χ3n) is 5.21. The Hall–Kier alpha value is -3.98. The number of aryl methyl sites for hydroxylation is 1. The van der Waals surface area contributed by atoms with Gasteiger partial charge in [-0.2, -0.15) is 0 Å². The van der Waals surface area contributed by atoms with Crippen molar-refractivity contribution in [1.29, 1.82) is 0 Å². The van der Waals surface area contributed by atoms with Crippen molar-refractivity contribution in [3.8, 4) is 11.5 Å². The van der Waals surface area contributed by atoms with E-state index in [9.17, 15) is 18.8 Å². The largest absolute Gasteiger partial charge is 0.493 e. The molecule has 0 aliphatic carbocycles. The Morgan fingerprint density at radius 1 is 1.06 bits per heavy atom. The van der Waals surface area contributed by atoms with Gasteiger partial charge in [-0.05, 0) is 76.5 Å². The van der Waals surface area contributed by atoms with Crippen LogP contribution in [-0.2, 0) is 16.2 Å². The molecule has 0 aromatic heterocycles. The van der Waals surface area contributed by atoms with Crippen LogP contribution in [0.25, 0.3) is 6.08 Å². The minimum absolute atomic E-state index is 0.131. The van der Waals surface area contributed by atoms with Gasteiger partial charge in [0.1, 0.15) is 18.0 Å². The van der Waals surface area contributed by atoms with E-state index in [0.29, 0.717) is 28.1 Å². The third kappa shape index (κ3) is 5.25. The van der Waals surface area contributed by atoms with Crippen LogP contribution in [0, 0.1) is 12.7 Å². The van der Waals surface area contributed by atoms with E-state index in [2.05, 4.69) is 21.2 Å². The lowest BCUT2D eigenvalue weighted by atomic mass is 10.1. The molecule has 0 spiro atoms. The molecule has 1 aliphatic rings. The first-order valence-corrected chi connectivity index (χ1v) is 11.3. The molecule has 0 radical (unpaired) electrons. The number of nitrogens with zero attached hydrogens (tertiary/aromatic N) is 1. The van der Waals surface area contributed by atoms with Gasteiger partial charge in [0.05, 0.1) is 17.3 Å². The highest BCUT2D eigenvalue weighted by Crippen LogP contribution is 2.38. The van der Waals surface area contributed by atoms with Crippen molar-refractivity contribution in [3.63, 3.8) is 0 Å². The molecule has 178 valence electrons. The van der Waals surface area contributed by atoms with Gasteiger partial charge in [0, 0.05) is 0 Å². The van der Waals surface area contributed by atoms with E-state index in [0.717, 1.165) is 28.2 Å². The van der Waals surface area contributed by atoms with Crippen LogP contribution in [0.15, 0.2) is 70.7 Å². The van der Waals surface area contributed by atoms with E-state index in [1.807, 2.05) is 31.2 Å². The van der Waals surface area contributed by atoms with Crippen molar-refractivity contribution in [1.82, 2.24) is 5.32 Å². The number of carbonyl (C=O) groups excluding carboxylic acids is 3. The molecule has 1 fully saturated rings. The fraction of sp³-hybridized carbons (Fsp3) is 0.115. The Kier molecular flexibility index (Phi) is 6.97. The Balaban J connectivity index is 1.64. The van der Waals surface area contributed by atoms with Crippen molar-refractivity contribution in [3.05, 3.63) is 93.2 Å². The summed E-state index contributed by atoms with van der Waals surface area (Å²) in [6, 6.07) is 15.1. The SMILES string of the molecule is COc1cc(/C=C2\C(=O)NC(=O)N(c3ccc(F)cc3)C2=O)cc(Br)c1OCc1cccc(C)c1. The second-order valence-corrected chi connectivity index (χ2v) is 8.60. The number of anilines is 1. The summed E-state index contributed by atoms with van der Waals surface area (Å²) in [6.45, 7) is 2.31. The summed E-state index contributed by atoms with van der Waals surface area (Å²) in [7, 11) is 1.48. The van der Waals surface area contributed by atoms with Crippen molar-refractivity contribution < 1.29 is 28.2 Å². The monoisotopic (exact) mass is 538 g/mol. The fourth-order valence-corrected chi connectivity index (χ4v) is 4.14. The van der Waals surface area contributed by atoms with E-state index in [1.54, 1.807) is 12.1 Å². The number of benzene rings is 3. The summed E-state index contributed by atoms with van der Waals surface area (Å²) in [5.41, 5.74) is 2.42. The van der Waals surface area contributed by atoms with E-state index in [1.165, 1.54) is 25.3 Å². The number of hydrogen-bond donors (Lipinski definition) is 1. The Morgan fingerprint density at radius 2 is 1.80 bits per heavy atom. The van der Waals surface area contributed by atoms with Crippen molar-refractivity contribution in [2.75, 3.05) is 12.0 Å². The van der Waals surface area contributed by atoms with E-state index >= 15 is 0 Å². The zero-order chi connectivity index (χ0) is 25.1. The maximum atomic E-state index is 13.3. The van der Waals surface area contributed by atoms with Gasteiger partial charge in [0.15, 0.2) is 11.5 Å². The van der Waals surface area contributed by atoms with Crippen LogP contribution >= 0.6 is 15.9 Å². The standard InChI is InChI=1S/C26H20BrFN2O5/c1-15-4-3-5-16(10-15)14-35-23-21(27)12-17(13-22(23)34-2)11-20-24(31)29-26(33)30(25(20)32)19-8-6-18(28)7-9-19/h3-13H,14H2,1-2H3,(H,29,31,33)/b20-11+. The normalized spacial score (nSPS) is 14.8. The summed E-state index contributed by atoms with van der Waals surface area (Å²) in [5.74, 6) is -1.35. The molecule has 7 nitrogen and oxygen atoms in total. The summed E-state index contributed by atoms with van der Waals surface area (Å²) in [6.07, 6.45) is 1.35. The lowest BCUT2D eigenvalue weighted by Crippen LogP contribution is -2.54.